The van der Waals surface area contributed by atoms with Crippen LogP contribution in [0.4, 0.5) is 0 Å². The summed E-state index contributed by atoms with van der Waals surface area (Å²) in [6.45, 7) is 3.85. The number of aromatic nitrogens is 3. The Kier molecular flexibility index (Phi) is 2.47. The average Bonchev–Trinajstić information content (AvgIpc) is 2.51. The van der Waals surface area contributed by atoms with E-state index in [1.165, 1.54) is 16.8 Å². The zero-order valence-electron chi connectivity index (χ0n) is 8.98. The molecule has 2 rings (SSSR count). The second-order valence-electron chi connectivity index (χ2n) is 3.49. The Morgan fingerprint density at radius 3 is 2.75 bits per heavy atom. The van der Waals surface area contributed by atoms with Crippen molar-refractivity contribution in [1.82, 2.24) is 14.5 Å². The summed E-state index contributed by atoms with van der Waals surface area (Å²) in [4.78, 5) is 28.5. The van der Waals surface area contributed by atoms with E-state index >= 15 is 0 Å². The Balaban J connectivity index is 2.34. The maximum atomic E-state index is 11.4. The number of aryl methyl sites for hydroxylation is 2. The molecule has 0 saturated carbocycles. The van der Waals surface area contributed by atoms with Crippen LogP contribution in [0, 0.1) is 13.8 Å². The van der Waals surface area contributed by atoms with E-state index < -0.39 is 11.2 Å². The first kappa shape index (κ1) is 10.4. The molecule has 0 spiro atoms. The van der Waals surface area contributed by atoms with Crippen LogP contribution in [-0.2, 0) is 6.54 Å². The highest BCUT2D eigenvalue weighted by atomic mass is 16.4. The summed E-state index contributed by atoms with van der Waals surface area (Å²) in [5, 5.41) is 0. The highest BCUT2D eigenvalue weighted by Crippen LogP contribution is 2.08. The van der Waals surface area contributed by atoms with E-state index in [9.17, 15) is 9.59 Å². The number of nitrogens with one attached hydrogen (secondary N) is 1. The number of nitrogens with zero attached hydrogens (tertiary/aromatic N) is 2. The molecule has 1 N–H and O–H groups in total. The zero-order valence-corrected chi connectivity index (χ0v) is 8.98. The van der Waals surface area contributed by atoms with E-state index in [0.717, 1.165) is 11.5 Å². The lowest BCUT2D eigenvalue weighted by Gasteiger charge is -1.99. The fraction of sp³-hybridized carbons (Fsp3) is 0.300. The van der Waals surface area contributed by atoms with Gasteiger partial charge in [0.15, 0.2) is 0 Å². The minimum absolute atomic E-state index is 0.213. The molecule has 0 radical (unpaired) electrons. The molecule has 0 fully saturated rings. The molecule has 0 aromatic carbocycles. The molecule has 0 aliphatic heterocycles. The third-order valence-corrected chi connectivity index (χ3v) is 2.28. The van der Waals surface area contributed by atoms with Crippen LogP contribution >= 0.6 is 0 Å². The van der Waals surface area contributed by atoms with Crippen LogP contribution in [0.2, 0.25) is 0 Å². The van der Waals surface area contributed by atoms with Crippen LogP contribution in [-0.4, -0.2) is 14.5 Å². The maximum Gasteiger partial charge on any atom is 0.328 e. The van der Waals surface area contributed by atoms with Gasteiger partial charge >= 0.3 is 5.69 Å². The predicted molar refractivity (Wildman–Crippen MR) is 56.4 cm³/mol. The lowest BCUT2D eigenvalue weighted by molar-refractivity contribution is 0.451. The lowest BCUT2D eigenvalue weighted by Crippen LogP contribution is -2.28. The van der Waals surface area contributed by atoms with Gasteiger partial charge in [0, 0.05) is 12.3 Å². The van der Waals surface area contributed by atoms with Gasteiger partial charge in [0.2, 0.25) is 5.89 Å². The monoisotopic (exact) mass is 221 g/mol. The Hall–Kier alpha value is -2.11. The SMILES string of the molecule is Cc1nc(Cn2ccc(=O)[nH]c2=O)oc1C. The van der Waals surface area contributed by atoms with E-state index in [-0.39, 0.29) is 6.54 Å². The van der Waals surface area contributed by atoms with Gasteiger partial charge in [-0.05, 0) is 13.8 Å². The van der Waals surface area contributed by atoms with Crippen LogP contribution < -0.4 is 11.2 Å². The summed E-state index contributed by atoms with van der Waals surface area (Å²) in [5.41, 5.74) is -0.0884. The van der Waals surface area contributed by atoms with Crippen molar-refractivity contribution < 1.29 is 4.42 Å². The summed E-state index contributed by atoms with van der Waals surface area (Å²) in [5.74, 6) is 1.18. The van der Waals surface area contributed by atoms with Crippen molar-refractivity contribution in [1.29, 1.82) is 0 Å². The fourth-order valence-electron chi connectivity index (χ4n) is 1.32. The normalized spacial score (nSPS) is 10.6. The predicted octanol–water partition coefficient (Wildman–Crippen LogP) is 0.190. The third-order valence-electron chi connectivity index (χ3n) is 2.28. The quantitative estimate of drug-likeness (QED) is 0.784. The molecule has 0 saturated heterocycles. The van der Waals surface area contributed by atoms with Crippen molar-refractivity contribution in [2.24, 2.45) is 0 Å². The molecule has 2 aromatic heterocycles. The first-order chi connectivity index (χ1) is 7.56. The number of aromatic amines is 1. The molecule has 16 heavy (non-hydrogen) atoms. The van der Waals surface area contributed by atoms with Crippen molar-refractivity contribution in [2.75, 3.05) is 0 Å². The standard InChI is InChI=1S/C10H11N3O3/c1-6-7(2)16-9(11-6)5-13-4-3-8(14)12-10(13)15/h3-4H,5H2,1-2H3,(H,12,14,15). The van der Waals surface area contributed by atoms with Gasteiger partial charge in [-0.25, -0.2) is 9.78 Å². The zero-order chi connectivity index (χ0) is 11.7. The highest BCUT2D eigenvalue weighted by Gasteiger charge is 2.06. The fourth-order valence-corrected chi connectivity index (χ4v) is 1.32. The van der Waals surface area contributed by atoms with Crippen LogP contribution in [0.25, 0.3) is 0 Å². The van der Waals surface area contributed by atoms with Gasteiger partial charge in [-0.3, -0.25) is 14.3 Å². The van der Waals surface area contributed by atoms with Crippen LogP contribution in [0.15, 0.2) is 26.3 Å². The van der Waals surface area contributed by atoms with E-state index in [1.807, 2.05) is 13.8 Å². The number of rotatable bonds is 2. The molecule has 0 unspecified atom stereocenters. The molecule has 0 atom stereocenters. The van der Waals surface area contributed by atoms with Crippen molar-refractivity contribution in [3.63, 3.8) is 0 Å². The van der Waals surface area contributed by atoms with Crippen molar-refractivity contribution in [3.05, 3.63) is 50.4 Å². The first-order valence-electron chi connectivity index (χ1n) is 4.79. The van der Waals surface area contributed by atoms with Gasteiger partial charge in [-0.2, -0.15) is 0 Å². The minimum Gasteiger partial charge on any atom is -0.444 e. The molecular formula is C10H11N3O3. The first-order valence-corrected chi connectivity index (χ1v) is 4.79. The minimum atomic E-state index is -0.471. The molecule has 2 heterocycles. The summed E-state index contributed by atoms with van der Waals surface area (Å²) in [6, 6.07) is 1.28. The van der Waals surface area contributed by atoms with Gasteiger partial charge in [0.25, 0.3) is 5.56 Å². The smallest absolute Gasteiger partial charge is 0.328 e. The molecule has 84 valence electrons. The molecular weight excluding hydrogens is 210 g/mol. The Morgan fingerprint density at radius 2 is 2.19 bits per heavy atom. The third kappa shape index (κ3) is 1.95. The van der Waals surface area contributed by atoms with E-state index in [2.05, 4.69) is 9.97 Å². The van der Waals surface area contributed by atoms with Gasteiger partial charge < -0.3 is 4.42 Å². The van der Waals surface area contributed by atoms with Crippen LogP contribution in [0.3, 0.4) is 0 Å². The molecule has 6 nitrogen and oxygen atoms in total. The van der Waals surface area contributed by atoms with Crippen molar-refractivity contribution in [2.45, 2.75) is 20.4 Å². The molecule has 6 heteroatoms. The molecule has 0 bridgehead atoms. The Bertz CT molecular complexity index is 601. The average molecular weight is 221 g/mol. The Morgan fingerprint density at radius 1 is 1.44 bits per heavy atom. The second kappa shape index (κ2) is 3.80. The maximum absolute atomic E-state index is 11.4. The number of hydrogen-bond donors (Lipinski definition) is 1. The summed E-state index contributed by atoms with van der Waals surface area (Å²) in [6.07, 6.45) is 1.41. The number of H-pyrrole nitrogens is 1. The van der Waals surface area contributed by atoms with Gasteiger partial charge in [-0.15, -0.1) is 0 Å². The van der Waals surface area contributed by atoms with Crippen LogP contribution in [0.1, 0.15) is 17.3 Å². The highest BCUT2D eigenvalue weighted by molar-refractivity contribution is 5.05. The summed E-state index contributed by atoms with van der Waals surface area (Å²) in [7, 11) is 0. The van der Waals surface area contributed by atoms with Gasteiger partial charge in [-0.1, -0.05) is 0 Å². The van der Waals surface area contributed by atoms with Crippen molar-refractivity contribution >= 4 is 0 Å². The lowest BCUT2D eigenvalue weighted by atomic mass is 10.4. The Labute approximate surface area is 90.6 Å². The molecule has 0 amide bonds. The van der Waals surface area contributed by atoms with Crippen LogP contribution in [0.5, 0.6) is 0 Å². The van der Waals surface area contributed by atoms with Gasteiger partial charge in [0.05, 0.1) is 5.69 Å². The topological polar surface area (TPSA) is 80.9 Å². The molecule has 0 aliphatic carbocycles. The molecule has 0 aliphatic rings. The van der Waals surface area contributed by atoms with E-state index in [1.54, 1.807) is 0 Å². The second-order valence-corrected chi connectivity index (χ2v) is 3.49. The van der Waals surface area contributed by atoms with E-state index in [0.29, 0.717) is 5.89 Å². The number of oxazole rings is 1. The van der Waals surface area contributed by atoms with E-state index in [4.69, 9.17) is 4.42 Å². The number of hydrogen-bond acceptors (Lipinski definition) is 4. The summed E-state index contributed by atoms with van der Waals surface area (Å²) < 4.78 is 6.67. The van der Waals surface area contributed by atoms with Crippen molar-refractivity contribution in [3.8, 4) is 0 Å². The van der Waals surface area contributed by atoms with Gasteiger partial charge in [0.1, 0.15) is 12.3 Å². The largest absolute Gasteiger partial charge is 0.444 e. The molecule has 2 aromatic rings. The summed E-state index contributed by atoms with van der Waals surface area (Å²) >= 11 is 0.